The van der Waals surface area contributed by atoms with E-state index in [4.69, 9.17) is 26.7 Å². The topological polar surface area (TPSA) is 296 Å². The molecule has 9 N–H and O–H groups in total. The molecule has 20 nitrogen and oxygen atoms in total. The summed E-state index contributed by atoms with van der Waals surface area (Å²) in [5.41, 5.74) is 29.8. The molecular formula is C94H106FN9O11S3. The van der Waals surface area contributed by atoms with Crippen molar-refractivity contribution in [2.75, 3.05) is 60.0 Å². The summed E-state index contributed by atoms with van der Waals surface area (Å²) in [6.45, 7) is 8.07. The van der Waals surface area contributed by atoms with Gasteiger partial charge in [-0.25, -0.2) is 29.6 Å². The number of sulfonamides is 3. The first-order valence-electron chi connectivity index (χ1n) is 39.4. The molecule has 1 aliphatic rings. The Labute approximate surface area is 694 Å². The molecule has 0 spiro atoms. The maximum Gasteiger partial charge on any atom is 0.243 e. The summed E-state index contributed by atoms with van der Waals surface area (Å²) in [6.07, 6.45) is 4.18. The minimum Gasteiger partial charge on any atom is -0.497 e. The van der Waals surface area contributed by atoms with Crippen molar-refractivity contribution in [1.29, 1.82) is 0 Å². The first-order valence-corrected chi connectivity index (χ1v) is 43.7. The zero-order valence-corrected chi connectivity index (χ0v) is 69.8. The number of hydrogen-bond donors (Lipinski definition) is 6. The van der Waals surface area contributed by atoms with E-state index in [0.717, 1.165) is 98.2 Å². The van der Waals surface area contributed by atoms with Crippen molar-refractivity contribution in [3.8, 4) is 44.9 Å². The normalized spacial score (nSPS) is 14.0. The second-order valence-electron chi connectivity index (χ2n) is 29.5. The monoisotopic (exact) mass is 1650 g/mol. The Morgan fingerprint density at radius 1 is 0.407 bits per heavy atom. The van der Waals surface area contributed by atoms with E-state index in [2.05, 4.69) is 16.0 Å². The molecule has 0 radical (unpaired) electrons. The van der Waals surface area contributed by atoms with E-state index in [1.165, 1.54) is 37.2 Å². The Balaban J connectivity index is 0.000000186. The lowest BCUT2D eigenvalue weighted by molar-refractivity contribution is -0.122. The van der Waals surface area contributed by atoms with Crippen molar-refractivity contribution < 1.29 is 53.5 Å². The van der Waals surface area contributed by atoms with Crippen molar-refractivity contribution in [3.05, 3.63) is 329 Å². The zero-order chi connectivity index (χ0) is 84.2. The third-order valence-electron chi connectivity index (χ3n) is 21.0. The summed E-state index contributed by atoms with van der Waals surface area (Å²) < 4.78 is 111. The average Bonchev–Trinajstić information content (AvgIpc) is 0.804. The van der Waals surface area contributed by atoms with Gasteiger partial charge in [0.15, 0.2) is 0 Å². The molecule has 0 heterocycles. The molecule has 3 amide bonds. The largest absolute Gasteiger partial charge is 0.497 e. The number of benzene rings is 11. The SMILES string of the molecule is COc1cccc(CN(CC(=O)NCC2CCC(CN)CC2)S(=O)(=O)c2ccc(-c3cccc(OC)c3)cc2)c1.C[C@H](CN(CC(=O)NCc1ccc(CN)cc1)S(=O)(=O)c1ccc(-c2cccc(F)c2)cc1)c1ccccc1.Cc1ccccc1-c1ccc(S(=O)(=O)N(CC(=O)NCc2ccc(CN)cc2)C[C@@H](C)c2ccccc2)cc1. The van der Waals surface area contributed by atoms with Gasteiger partial charge >= 0.3 is 0 Å². The van der Waals surface area contributed by atoms with Gasteiger partial charge in [-0.1, -0.05) is 220 Å². The number of hydrogen-bond acceptors (Lipinski definition) is 14. The lowest BCUT2D eigenvalue weighted by atomic mass is 9.82. The van der Waals surface area contributed by atoms with Gasteiger partial charge in [0.2, 0.25) is 47.8 Å². The molecule has 1 fully saturated rings. The van der Waals surface area contributed by atoms with E-state index >= 15 is 0 Å². The highest BCUT2D eigenvalue weighted by molar-refractivity contribution is 7.89. The van der Waals surface area contributed by atoms with Gasteiger partial charge in [0.1, 0.15) is 17.3 Å². The van der Waals surface area contributed by atoms with Crippen LogP contribution in [0.1, 0.15) is 95.9 Å². The predicted octanol–water partition coefficient (Wildman–Crippen LogP) is 14.7. The molecule has 11 aromatic carbocycles. The highest BCUT2D eigenvalue weighted by atomic mass is 32.2. The van der Waals surface area contributed by atoms with Crippen molar-refractivity contribution in [1.82, 2.24) is 28.9 Å². The fourth-order valence-corrected chi connectivity index (χ4v) is 18.3. The van der Waals surface area contributed by atoms with Crippen molar-refractivity contribution in [3.63, 3.8) is 0 Å². The van der Waals surface area contributed by atoms with Gasteiger partial charge in [-0.05, 0) is 214 Å². The van der Waals surface area contributed by atoms with E-state index in [1.807, 2.05) is 197 Å². The Morgan fingerprint density at radius 2 is 0.797 bits per heavy atom. The fraction of sp³-hybridized carbons (Fsp3) is 0.266. The smallest absolute Gasteiger partial charge is 0.243 e. The number of ether oxygens (including phenoxy) is 2. The molecule has 12 rings (SSSR count). The third-order valence-corrected chi connectivity index (χ3v) is 26.5. The Bertz CT molecular complexity index is 5420. The number of nitrogens with two attached hydrogens (primary N) is 3. The van der Waals surface area contributed by atoms with Crippen LogP contribution in [0.4, 0.5) is 4.39 Å². The predicted molar refractivity (Wildman–Crippen MR) is 465 cm³/mol. The number of carbonyl (C=O) groups is 3. The third kappa shape index (κ3) is 25.5. The second kappa shape index (κ2) is 43.4. The van der Waals surface area contributed by atoms with Gasteiger partial charge in [-0.15, -0.1) is 0 Å². The molecule has 0 saturated heterocycles. The minimum absolute atomic E-state index is 0.0339. The van der Waals surface area contributed by atoms with Crippen LogP contribution in [0, 0.1) is 24.6 Å². The molecule has 118 heavy (non-hydrogen) atoms. The molecule has 2 atom stereocenters. The summed E-state index contributed by atoms with van der Waals surface area (Å²) in [5.74, 6) is 0.577. The number of nitrogens with zero attached hydrogens (tertiary/aromatic N) is 3. The summed E-state index contributed by atoms with van der Waals surface area (Å²) >= 11 is 0. The molecule has 0 aliphatic heterocycles. The number of methoxy groups -OCH3 is 2. The van der Waals surface area contributed by atoms with E-state index in [0.29, 0.717) is 61.4 Å². The highest BCUT2D eigenvalue weighted by Crippen LogP contribution is 2.33. The number of amides is 3. The molecule has 1 saturated carbocycles. The highest BCUT2D eigenvalue weighted by Gasteiger charge is 2.32. The van der Waals surface area contributed by atoms with Crippen LogP contribution >= 0.6 is 0 Å². The van der Waals surface area contributed by atoms with Crippen molar-refractivity contribution in [2.24, 2.45) is 29.0 Å². The van der Waals surface area contributed by atoms with Crippen molar-refractivity contribution in [2.45, 2.75) is 106 Å². The van der Waals surface area contributed by atoms with Gasteiger partial charge in [0.05, 0.1) is 48.5 Å². The average molecular weight is 1650 g/mol. The summed E-state index contributed by atoms with van der Waals surface area (Å²) in [6, 6.07) is 83.2. The van der Waals surface area contributed by atoms with Gasteiger partial charge in [0, 0.05) is 52.4 Å². The van der Waals surface area contributed by atoms with Crippen LogP contribution in [0.3, 0.4) is 0 Å². The van der Waals surface area contributed by atoms with Crippen LogP contribution < -0.4 is 42.6 Å². The number of rotatable bonds is 34. The Kier molecular flexibility index (Phi) is 32.9. The molecule has 618 valence electrons. The standard InChI is InChI=1S/C32H35N3O3S.C31H32FN3O3S.C31H39N3O5S/c1-24-8-6-7-11-31(24)29-16-18-30(19-17-29)39(37,38)35(22-25(2)28-9-4-3-5-10-28)23-32(36)34-21-27-14-12-26(20-33)13-15-27;1-23(26-6-3-2-4-7-26)21-35(22-31(36)34-20-25-12-10-24(19-33)11-13-25)39(37,38)30-16-14-27(15-17-30)28-8-5-9-29(32)18-28;1-38-28-7-3-5-25(17-28)21-34(22-31(35)33-20-24-11-9-23(19-32)10-12-24)40(36,37)30-15-13-26(14-16-30)27-6-4-8-29(18-27)39-2/h3-19,25H,20-23,33H2,1-2H3,(H,34,36);2-18,23H,19-22,33H2,1H3,(H,34,36);3-8,13-18,23-24H,9-12,19-22,32H2,1-2H3,(H,33,35)/t25-;23-;/m11./s1. The van der Waals surface area contributed by atoms with E-state index in [9.17, 15) is 44.0 Å². The van der Waals surface area contributed by atoms with Crippen LogP contribution in [-0.4, -0.2) is 116 Å². The van der Waals surface area contributed by atoms with Gasteiger partial charge in [-0.3, -0.25) is 14.4 Å². The van der Waals surface area contributed by atoms with Crippen molar-refractivity contribution >= 4 is 47.8 Å². The van der Waals surface area contributed by atoms with Crippen LogP contribution in [0.2, 0.25) is 0 Å². The Hall–Kier alpha value is -11.0. The quantitative estimate of drug-likeness (QED) is 0.0219. The number of nitrogens with one attached hydrogen (secondary N) is 3. The van der Waals surface area contributed by atoms with Crippen LogP contribution in [0.15, 0.2) is 294 Å². The molecule has 0 aromatic heterocycles. The lowest BCUT2D eigenvalue weighted by Gasteiger charge is -2.28. The Morgan fingerprint density at radius 3 is 1.25 bits per heavy atom. The number of aryl methyl sites for hydroxylation is 1. The van der Waals surface area contributed by atoms with Crippen LogP contribution in [0.25, 0.3) is 33.4 Å². The van der Waals surface area contributed by atoms with Gasteiger partial charge in [-0.2, -0.15) is 12.9 Å². The molecule has 0 unspecified atom stereocenters. The molecule has 1 aliphatic carbocycles. The van der Waals surface area contributed by atoms with E-state index in [1.54, 1.807) is 93.1 Å². The number of halogens is 1. The second-order valence-corrected chi connectivity index (χ2v) is 35.3. The molecular weight excluding hydrogens is 1550 g/mol. The first kappa shape index (κ1) is 89.3. The van der Waals surface area contributed by atoms with E-state index < -0.39 is 36.0 Å². The first-order chi connectivity index (χ1) is 56.8. The fourth-order valence-electron chi connectivity index (χ4n) is 13.9. The van der Waals surface area contributed by atoms with Crippen LogP contribution in [0.5, 0.6) is 11.5 Å². The molecule has 24 heteroatoms. The van der Waals surface area contributed by atoms with Gasteiger partial charge in [0.25, 0.3) is 0 Å². The summed E-state index contributed by atoms with van der Waals surface area (Å²) in [5, 5.41) is 8.67. The maximum absolute atomic E-state index is 13.8. The number of carbonyl (C=O) groups excluding carboxylic acids is 3. The maximum atomic E-state index is 13.8. The minimum atomic E-state index is -4.01. The summed E-state index contributed by atoms with van der Waals surface area (Å²) in [4.78, 5) is 39.3. The van der Waals surface area contributed by atoms with E-state index in [-0.39, 0.29) is 90.0 Å². The lowest BCUT2D eigenvalue weighted by Crippen LogP contribution is -2.42. The summed E-state index contributed by atoms with van der Waals surface area (Å²) in [7, 11) is -8.77. The zero-order valence-electron chi connectivity index (χ0n) is 67.3. The molecule has 11 aromatic rings. The van der Waals surface area contributed by atoms with Crippen LogP contribution in [-0.2, 0) is 77.2 Å². The molecule has 0 bridgehead atoms. The van der Waals surface area contributed by atoms with Gasteiger partial charge < -0.3 is 42.6 Å².